The summed E-state index contributed by atoms with van der Waals surface area (Å²) in [6.07, 6.45) is 6.38. The van der Waals surface area contributed by atoms with E-state index in [0.29, 0.717) is 21.6 Å². The van der Waals surface area contributed by atoms with Crippen LogP contribution in [0.15, 0.2) is 12.2 Å². The van der Waals surface area contributed by atoms with Gasteiger partial charge in [-0.1, -0.05) is 52.2 Å². The van der Waals surface area contributed by atoms with Crippen molar-refractivity contribution in [2.24, 2.45) is 5.92 Å². The molecule has 1 fully saturated rings. The summed E-state index contributed by atoms with van der Waals surface area (Å²) in [5.74, 6) is -14.1. The number of nitrogens with zero attached hydrogens (tertiary/aromatic N) is 3. The summed E-state index contributed by atoms with van der Waals surface area (Å²) in [7, 11) is 0. The number of cyclic esters (lactones) is 1. The van der Waals surface area contributed by atoms with Gasteiger partial charge in [0.2, 0.25) is 76.8 Å². The van der Waals surface area contributed by atoms with Gasteiger partial charge in [-0.15, -0.1) is 0 Å². The molecule has 0 spiro atoms. The lowest BCUT2D eigenvalue weighted by atomic mass is 10.0. The zero-order valence-electron chi connectivity index (χ0n) is 48.2. The summed E-state index contributed by atoms with van der Waals surface area (Å²) in [6.45, 7) is 3.95. The van der Waals surface area contributed by atoms with Crippen LogP contribution in [0, 0.1) is 5.92 Å². The van der Waals surface area contributed by atoms with Crippen LogP contribution in [-0.2, 0) is 71.9 Å². The van der Waals surface area contributed by atoms with Gasteiger partial charge >= 0.3 is 5.97 Å². The van der Waals surface area contributed by atoms with Crippen LogP contribution < -0.4 is 53.2 Å². The average molecular weight is 1180 g/mol. The number of hydrogen-bond donors (Lipinski definition) is 14. The zero-order valence-corrected chi connectivity index (χ0v) is 48.2. The second-order valence-electron chi connectivity index (χ2n) is 19.8. The fourth-order valence-electron chi connectivity index (χ4n) is 7.55. The molecule has 3 unspecified atom stereocenters. The summed E-state index contributed by atoms with van der Waals surface area (Å²) in [5.41, 5.74) is 0. The molecule has 468 valence electrons. The molecule has 7 atom stereocenters. The Hall–Kier alpha value is -7.84. The molecule has 32 nitrogen and oxygen atoms in total. The van der Waals surface area contributed by atoms with Crippen molar-refractivity contribution < 1.29 is 92.6 Å². The molecule has 0 aliphatic carbocycles. The third-order valence-electron chi connectivity index (χ3n) is 12.4. The van der Waals surface area contributed by atoms with Crippen LogP contribution in [0.3, 0.4) is 0 Å². The van der Waals surface area contributed by atoms with Gasteiger partial charge in [0.25, 0.3) is 0 Å². The monoisotopic (exact) mass is 1180 g/mol. The van der Waals surface area contributed by atoms with Gasteiger partial charge in [-0.2, -0.15) is 0 Å². The van der Waals surface area contributed by atoms with Gasteiger partial charge in [-0.3, -0.25) is 82.7 Å². The van der Waals surface area contributed by atoms with Crippen LogP contribution >= 0.6 is 0 Å². The Morgan fingerprint density at radius 2 is 1.02 bits per heavy atom. The highest BCUT2D eigenvalue weighted by molar-refractivity contribution is 5.98. The minimum absolute atomic E-state index is 0.104. The largest absolute Gasteiger partial charge is 0.462 e. The molecule has 0 saturated carbocycles. The molecular formula is C51H85N13O19. The number of hydrogen-bond acceptors (Lipinski definition) is 19. The van der Waals surface area contributed by atoms with E-state index >= 15 is 0 Å². The van der Waals surface area contributed by atoms with Crippen LogP contribution in [0.1, 0.15) is 126 Å². The van der Waals surface area contributed by atoms with E-state index in [1.807, 2.05) is 0 Å². The Balaban J connectivity index is 3.79. The number of nitrogens with one attached hydrogen (secondary N) is 10. The van der Waals surface area contributed by atoms with Gasteiger partial charge in [0, 0.05) is 46.8 Å². The van der Waals surface area contributed by atoms with Crippen molar-refractivity contribution in [3.8, 4) is 0 Å². The molecule has 32 heteroatoms. The molecule has 0 aromatic rings. The molecule has 1 aliphatic heterocycles. The molecule has 13 amide bonds. The highest BCUT2D eigenvalue weighted by atomic mass is 16.5. The quantitative estimate of drug-likeness (QED) is 0.0161. The third kappa shape index (κ3) is 30.2. The number of aliphatic hydroxyl groups is 1. The smallest absolute Gasteiger partial charge is 0.325 e. The Morgan fingerprint density at radius 1 is 0.566 bits per heavy atom. The van der Waals surface area contributed by atoms with E-state index in [4.69, 9.17) is 4.74 Å². The molecular weight excluding hydrogens is 1100 g/mol. The van der Waals surface area contributed by atoms with Gasteiger partial charge in [-0.25, -0.2) is 15.2 Å². The summed E-state index contributed by atoms with van der Waals surface area (Å²) >= 11 is 0. The zero-order chi connectivity index (χ0) is 62.8. The van der Waals surface area contributed by atoms with E-state index in [1.165, 1.54) is 20.8 Å². The number of aliphatic hydroxyl groups excluding tert-OH is 1. The van der Waals surface area contributed by atoms with Gasteiger partial charge in [0.15, 0.2) is 0 Å². The van der Waals surface area contributed by atoms with E-state index in [2.05, 4.69) is 60.1 Å². The average Bonchev–Trinajstić information content (AvgIpc) is 3.46. The molecule has 14 N–H and O–H groups in total. The first-order valence-electron chi connectivity index (χ1n) is 27.4. The number of allylic oxidation sites excluding steroid dienone is 1. The van der Waals surface area contributed by atoms with Crippen molar-refractivity contribution in [1.29, 1.82) is 0 Å². The summed E-state index contributed by atoms with van der Waals surface area (Å²) in [6, 6.07) is -11.0. The summed E-state index contributed by atoms with van der Waals surface area (Å²) in [5, 5.41) is 64.6. The maximum Gasteiger partial charge on any atom is 0.325 e. The first kappa shape index (κ1) is 73.2. The lowest BCUT2D eigenvalue weighted by Gasteiger charge is -2.27. The van der Waals surface area contributed by atoms with E-state index in [1.54, 1.807) is 12.2 Å². The van der Waals surface area contributed by atoms with E-state index in [9.17, 15) is 87.9 Å². The van der Waals surface area contributed by atoms with E-state index < -0.39 is 164 Å². The molecule has 0 radical (unpaired) electrons. The maximum absolute atomic E-state index is 14.0. The van der Waals surface area contributed by atoms with Crippen molar-refractivity contribution in [1.82, 2.24) is 68.4 Å². The van der Waals surface area contributed by atoms with Gasteiger partial charge in [0.05, 0.1) is 19.7 Å². The Labute approximate surface area is 480 Å². The maximum atomic E-state index is 14.0. The Bertz CT molecular complexity index is 2270. The Morgan fingerprint density at radius 3 is 1.53 bits per heavy atom. The van der Waals surface area contributed by atoms with Gasteiger partial charge in [-0.05, 0) is 64.2 Å². The second-order valence-corrected chi connectivity index (χ2v) is 19.8. The van der Waals surface area contributed by atoms with E-state index in [0.717, 1.165) is 46.5 Å². The molecule has 1 rings (SSSR count). The van der Waals surface area contributed by atoms with Crippen molar-refractivity contribution in [3.63, 3.8) is 0 Å². The first-order chi connectivity index (χ1) is 39.1. The molecule has 83 heavy (non-hydrogen) atoms. The lowest BCUT2D eigenvalue weighted by molar-refractivity contribution is -0.163. The number of carbonyl (C=O) groups is 14. The van der Waals surface area contributed by atoms with Gasteiger partial charge in [0.1, 0.15) is 55.4 Å². The first-order valence-corrected chi connectivity index (χ1v) is 27.4. The molecule has 1 aliphatic rings. The summed E-state index contributed by atoms with van der Waals surface area (Å²) < 4.78 is 5.29. The number of rotatable bonds is 22. The van der Waals surface area contributed by atoms with Gasteiger partial charge < -0.3 is 63.0 Å². The van der Waals surface area contributed by atoms with Crippen LogP contribution in [-0.4, -0.2) is 213 Å². The van der Waals surface area contributed by atoms with E-state index in [-0.39, 0.29) is 64.6 Å². The number of ether oxygens (including phenoxy) is 1. The number of hydroxylamine groups is 6. The van der Waals surface area contributed by atoms with Crippen molar-refractivity contribution in [2.45, 2.75) is 168 Å². The van der Waals surface area contributed by atoms with Crippen molar-refractivity contribution in [3.05, 3.63) is 12.2 Å². The van der Waals surface area contributed by atoms with Crippen LogP contribution in [0.4, 0.5) is 0 Å². The minimum Gasteiger partial charge on any atom is -0.462 e. The number of carbonyl (C=O) groups excluding carboxylic acids is 14. The van der Waals surface area contributed by atoms with Crippen molar-refractivity contribution in [2.75, 3.05) is 52.5 Å². The standard InChI is InChI=1S/C51H85N13O19/c1-8-9-10-11-12-13-14-21-40(69)57-39-29-83-43(72)27-54-46(74)35(18-15-22-62(80)32(5)66)56-41(70)25-52-45(73)31(4)55-48(76)37(20-17-24-64(82)34(7)68)59-49(77)38(28-65)60-51(79)44(30(2)3)61-42(71)26-53-47(75)36(58-50(39)78)19-16-23-63(81)33(6)67/h13-14,30-31,35-39,44,65,80-82H,8-12,15-29H2,1-7H3,(H,52,73)(H,53,75)(H,54,74)(H,55,76)(H,56,70)(H,57,69)(H,58,78)(H,59,77)(H,60,79)(H,61,71)/b14-13+/t31-,35?,36?,37?,38+,39-,44-/m1/s1. The molecule has 1 saturated heterocycles. The topological polar surface area (TPSA) is 459 Å². The number of esters is 1. The third-order valence-corrected chi connectivity index (χ3v) is 12.4. The van der Waals surface area contributed by atoms with Crippen LogP contribution in [0.2, 0.25) is 0 Å². The lowest BCUT2D eigenvalue weighted by Crippen LogP contribution is -2.60. The fourth-order valence-corrected chi connectivity index (χ4v) is 7.55. The van der Waals surface area contributed by atoms with Crippen molar-refractivity contribution >= 4 is 82.8 Å². The predicted octanol–water partition coefficient (Wildman–Crippen LogP) is -4.08. The SMILES string of the molecule is CCCCCC/C=C/CC(=O)N[C@@H]1COC(=O)CNC(=O)C(CCCN(O)C(C)=O)NC(=O)CNC(=O)[C@@H](C)NC(=O)C(CCCN(O)C(C)=O)NC(=O)[C@H](CO)NC(=O)[C@@H](C(C)C)NC(=O)CNC(=O)C(CCCN(O)C(C)=O)NC1=O. The predicted molar refractivity (Wildman–Crippen MR) is 289 cm³/mol. The minimum atomic E-state index is -1.79. The normalized spacial score (nSPS) is 21.9. The second kappa shape index (κ2) is 39.6. The van der Waals surface area contributed by atoms with Crippen LogP contribution in [0.5, 0.6) is 0 Å². The Kier molecular flexibility index (Phi) is 34.9. The van der Waals surface area contributed by atoms with Crippen LogP contribution in [0.25, 0.3) is 0 Å². The highest BCUT2D eigenvalue weighted by Gasteiger charge is 2.34. The number of unbranched alkanes of at least 4 members (excludes halogenated alkanes) is 4. The molecule has 0 bridgehead atoms. The fraction of sp³-hybridized carbons (Fsp3) is 0.686. The molecule has 1 heterocycles. The molecule has 0 aromatic carbocycles. The molecule has 0 aromatic heterocycles. The highest BCUT2D eigenvalue weighted by Crippen LogP contribution is 2.08. The number of amides is 13. The summed E-state index contributed by atoms with van der Waals surface area (Å²) in [4.78, 5) is 183.